The second kappa shape index (κ2) is 6.63. The van der Waals surface area contributed by atoms with Crippen LogP contribution >= 0.6 is 23.2 Å². The zero-order valence-electron chi connectivity index (χ0n) is 10.5. The summed E-state index contributed by atoms with van der Waals surface area (Å²) in [4.78, 5) is 22.4. The zero-order chi connectivity index (χ0) is 14.6. The minimum atomic E-state index is -0.750. The molecule has 0 bridgehead atoms. The lowest BCUT2D eigenvalue weighted by atomic mass is 10.1. The van der Waals surface area contributed by atoms with Crippen molar-refractivity contribution in [2.24, 2.45) is 5.73 Å². The normalized spacial score (nSPS) is 13.5. The Morgan fingerprint density at radius 1 is 1.21 bits per heavy atom. The Bertz CT molecular complexity index is 494. The zero-order valence-corrected chi connectivity index (χ0v) is 12.0. The largest absolute Gasteiger partial charge is 0.352 e. The van der Waals surface area contributed by atoms with Gasteiger partial charge in [-0.1, -0.05) is 29.3 Å². The predicted molar refractivity (Wildman–Crippen MR) is 75.2 cm³/mol. The number of benzene rings is 1. The van der Waals surface area contributed by atoms with Crippen LogP contribution in [0.4, 0.5) is 4.79 Å². The van der Waals surface area contributed by atoms with Gasteiger partial charge in [0.15, 0.2) is 0 Å². The molecule has 1 aromatic rings. The summed E-state index contributed by atoms with van der Waals surface area (Å²) >= 11 is 11.8. The van der Waals surface area contributed by atoms with Gasteiger partial charge in [0.25, 0.3) is 0 Å². The van der Waals surface area contributed by atoms with Crippen molar-refractivity contribution in [2.45, 2.75) is 25.9 Å². The van der Waals surface area contributed by atoms with Crippen LogP contribution in [0.15, 0.2) is 18.2 Å². The average Bonchev–Trinajstić information content (AvgIpc) is 2.27. The molecule has 2 unspecified atom stereocenters. The van der Waals surface area contributed by atoms with E-state index in [-0.39, 0.29) is 11.9 Å². The third-order valence-corrected chi connectivity index (χ3v) is 3.10. The van der Waals surface area contributed by atoms with E-state index in [0.29, 0.717) is 10.0 Å². The quantitative estimate of drug-likeness (QED) is 0.797. The van der Waals surface area contributed by atoms with Gasteiger partial charge < -0.3 is 16.4 Å². The number of nitrogens with one attached hydrogen (secondary N) is 2. The van der Waals surface area contributed by atoms with E-state index >= 15 is 0 Å². The molecule has 5 nitrogen and oxygen atoms in total. The Balaban J connectivity index is 2.71. The second-order valence-corrected chi connectivity index (χ2v) is 4.97. The van der Waals surface area contributed by atoms with Crippen molar-refractivity contribution in [3.8, 4) is 0 Å². The molecule has 0 aliphatic carbocycles. The van der Waals surface area contributed by atoms with Gasteiger partial charge in [-0.05, 0) is 31.5 Å². The summed E-state index contributed by atoms with van der Waals surface area (Å²) in [5.74, 6) is -0.350. The van der Waals surface area contributed by atoms with Crippen LogP contribution in [0.5, 0.6) is 0 Å². The van der Waals surface area contributed by atoms with Crippen LogP contribution in [-0.2, 0) is 4.79 Å². The lowest BCUT2D eigenvalue weighted by molar-refractivity contribution is -0.123. The fraction of sp³-hybridized carbons (Fsp3) is 0.333. The molecule has 0 saturated carbocycles. The summed E-state index contributed by atoms with van der Waals surface area (Å²) in [5, 5.41) is 6.01. The molecule has 19 heavy (non-hydrogen) atoms. The van der Waals surface area contributed by atoms with E-state index in [1.165, 1.54) is 6.92 Å². The van der Waals surface area contributed by atoms with E-state index in [0.717, 1.165) is 5.56 Å². The van der Waals surface area contributed by atoms with Gasteiger partial charge in [-0.3, -0.25) is 4.79 Å². The molecule has 4 N–H and O–H groups in total. The highest BCUT2D eigenvalue weighted by atomic mass is 35.5. The third-order valence-electron chi connectivity index (χ3n) is 2.54. The topological polar surface area (TPSA) is 84.2 Å². The highest BCUT2D eigenvalue weighted by Crippen LogP contribution is 2.26. The smallest absolute Gasteiger partial charge is 0.312 e. The lowest BCUT2D eigenvalue weighted by Gasteiger charge is -2.19. The Hall–Kier alpha value is -1.46. The maximum atomic E-state index is 11.8. The first-order chi connectivity index (χ1) is 8.81. The molecule has 2 atom stereocenters. The van der Waals surface area contributed by atoms with Gasteiger partial charge in [0.1, 0.15) is 6.04 Å². The van der Waals surface area contributed by atoms with E-state index in [4.69, 9.17) is 28.9 Å². The molecule has 0 aromatic heterocycles. The maximum Gasteiger partial charge on any atom is 0.312 e. The van der Waals surface area contributed by atoms with Crippen LogP contribution in [0.3, 0.4) is 0 Å². The van der Waals surface area contributed by atoms with Gasteiger partial charge in [0, 0.05) is 10.0 Å². The molecule has 0 aliphatic heterocycles. The molecule has 0 fully saturated rings. The number of carbonyl (C=O) groups is 2. The summed E-state index contributed by atoms with van der Waals surface area (Å²) in [6.07, 6.45) is 0. The summed E-state index contributed by atoms with van der Waals surface area (Å²) in [7, 11) is 0. The molecule has 0 heterocycles. The van der Waals surface area contributed by atoms with Gasteiger partial charge in [0.2, 0.25) is 5.91 Å². The molecule has 0 spiro atoms. The first-order valence-corrected chi connectivity index (χ1v) is 6.38. The SMILES string of the molecule is CC(NC(N)=O)C(=O)NC(C)c1ccc(Cl)cc1Cl. The number of urea groups is 1. The molecule has 104 valence electrons. The van der Waals surface area contributed by atoms with E-state index < -0.39 is 12.1 Å². The van der Waals surface area contributed by atoms with Gasteiger partial charge in [-0.25, -0.2) is 4.79 Å². The van der Waals surface area contributed by atoms with E-state index in [9.17, 15) is 9.59 Å². The van der Waals surface area contributed by atoms with Crippen molar-refractivity contribution in [3.05, 3.63) is 33.8 Å². The van der Waals surface area contributed by atoms with E-state index in [2.05, 4.69) is 10.6 Å². The van der Waals surface area contributed by atoms with E-state index in [1.807, 2.05) is 0 Å². The molecular formula is C12H15Cl2N3O2. The predicted octanol–water partition coefficient (Wildman–Crippen LogP) is 2.23. The third kappa shape index (κ3) is 4.61. The highest BCUT2D eigenvalue weighted by Gasteiger charge is 2.18. The van der Waals surface area contributed by atoms with Crippen molar-refractivity contribution in [2.75, 3.05) is 0 Å². The van der Waals surface area contributed by atoms with E-state index in [1.54, 1.807) is 25.1 Å². The van der Waals surface area contributed by atoms with Crippen LogP contribution in [0.25, 0.3) is 0 Å². The standard InChI is InChI=1S/C12H15Cl2N3O2/c1-6(9-4-3-8(13)5-10(9)14)16-11(18)7(2)17-12(15)19/h3-7H,1-2H3,(H,16,18)(H3,15,17,19). The van der Waals surface area contributed by atoms with Crippen molar-refractivity contribution < 1.29 is 9.59 Å². The van der Waals surface area contributed by atoms with Crippen molar-refractivity contribution in [1.82, 2.24) is 10.6 Å². The molecular weight excluding hydrogens is 289 g/mol. The van der Waals surface area contributed by atoms with Gasteiger partial charge in [-0.2, -0.15) is 0 Å². The van der Waals surface area contributed by atoms with Crippen LogP contribution < -0.4 is 16.4 Å². The fourth-order valence-electron chi connectivity index (χ4n) is 1.55. The molecule has 7 heteroatoms. The summed E-state index contributed by atoms with van der Waals surface area (Å²) < 4.78 is 0. The number of hydrogen-bond donors (Lipinski definition) is 3. The monoisotopic (exact) mass is 303 g/mol. The number of amides is 3. The molecule has 3 amide bonds. The summed E-state index contributed by atoms with van der Waals surface area (Å²) in [5.41, 5.74) is 5.69. The molecule has 1 aromatic carbocycles. The first kappa shape index (κ1) is 15.6. The highest BCUT2D eigenvalue weighted by molar-refractivity contribution is 6.35. The Morgan fingerprint density at radius 2 is 1.84 bits per heavy atom. The number of rotatable bonds is 4. The van der Waals surface area contributed by atoms with Crippen LogP contribution in [0.1, 0.15) is 25.5 Å². The first-order valence-electron chi connectivity index (χ1n) is 5.62. The Kier molecular flexibility index (Phi) is 5.44. The van der Waals surface area contributed by atoms with Gasteiger partial charge in [-0.15, -0.1) is 0 Å². The minimum absolute atomic E-state index is 0.311. The average molecular weight is 304 g/mol. The van der Waals surface area contributed by atoms with Crippen LogP contribution in [-0.4, -0.2) is 18.0 Å². The molecule has 0 radical (unpaired) electrons. The maximum absolute atomic E-state index is 11.8. The van der Waals surface area contributed by atoms with Crippen LogP contribution in [0, 0.1) is 0 Å². The minimum Gasteiger partial charge on any atom is -0.352 e. The number of halogens is 2. The second-order valence-electron chi connectivity index (χ2n) is 4.13. The Labute approximate surface area is 121 Å². The van der Waals surface area contributed by atoms with Gasteiger partial charge in [0.05, 0.1) is 6.04 Å². The molecule has 1 rings (SSSR count). The summed E-state index contributed by atoms with van der Waals surface area (Å²) in [6.45, 7) is 3.32. The number of carbonyl (C=O) groups excluding carboxylic acids is 2. The number of nitrogens with two attached hydrogens (primary N) is 1. The van der Waals surface area contributed by atoms with Crippen molar-refractivity contribution >= 4 is 35.1 Å². The lowest BCUT2D eigenvalue weighted by Crippen LogP contribution is -2.47. The number of primary amides is 1. The van der Waals surface area contributed by atoms with Gasteiger partial charge >= 0.3 is 6.03 Å². The van der Waals surface area contributed by atoms with Crippen molar-refractivity contribution in [1.29, 1.82) is 0 Å². The van der Waals surface area contributed by atoms with Crippen LogP contribution in [0.2, 0.25) is 10.0 Å². The molecule has 0 saturated heterocycles. The fourth-order valence-corrected chi connectivity index (χ4v) is 2.12. The number of hydrogen-bond acceptors (Lipinski definition) is 2. The Morgan fingerprint density at radius 3 is 2.37 bits per heavy atom. The van der Waals surface area contributed by atoms with Crippen molar-refractivity contribution in [3.63, 3.8) is 0 Å². The summed E-state index contributed by atoms with van der Waals surface area (Å²) in [6, 6.07) is 3.25. The molecule has 0 aliphatic rings.